The first-order chi connectivity index (χ1) is 12.3. The van der Waals surface area contributed by atoms with Crippen molar-refractivity contribution in [3.8, 4) is 0 Å². The molecule has 0 aliphatic carbocycles. The molecule has 0 aliphatic rings. The molecule has 5 heteroatoms. The summed E-state index contributed by atoms with van der Waals surface area (Å²) >= 11 is 0. The standard InChI is InChI=1S/C21H25N3O2/c1-13(18(22)14-8-6-5-7-9-14)19(25)23-15-10-11-17-16(12-15)24-20(26-17)21(2,3)4/h5-13,18H,22H2,1-4H3,(H,23,25). The van der Waals surface area contributed by atoms with Gasteiger partial charge in [0.1, 0.15) is 5.52 Å². The highest BCUT2D eigenvalue weighted by molar-refractivity contribution is 5.94. The predicted octanol–water partition coefficient (Wildman–Crippen LogP) is 4.40. The van der Waals surface area contributed by atoms with Crippen LogP contribution in [-0.2, 0) is 10.2 Å². The number of oxazole rings is 1. The number of fused-ring (bicyclic) bond motifs is 1. The zero-order chi connectivity index (χ0) is 18.9. The molecule has 0 fully saturated rings. The molecule has 2 unspecified atom stereocenters. The third-order valence-corrected chi connectivity index (χ3v) is 4.43. The van der Waals surface area contributed by atoms with E-state index in [-0.39, 0.29) is 23.3 Å². The van der Waals surface area contributed by atoms with E-state index in [4.69, 9.17) is 10.2 Å². The zero-order valence-corrected chi connectivity index (χ0v) is 15.6. The molecule has 0 bridgehead atoms. The van der Waals surface area contributed by atoms with Gasteiger partial charge in [0.05, 0.1) is 5.92 Å². The Morgan fingerprint density at radius 1 is 1.15 bits per heavy atom. The van der Waals surface area contributed by atoms with Gasteiger partial charge in [-0.2, -0.15) is 0 Å². The maximum Gasteiger partial charge on any atom is 0.229 e. The van der Waals surface area contributed by atoms with Crippen LogP contribution in [0.1, 0.15) is 45.2 Å². The van der Waals surface area contributed by atoms with E-state index in [9.17, 15) is 4.79 Å². The molecular formula is C21H25N3O2. The van der Waals surface area contributed by atoms with Gasteiger partial charge in [-0.25, -0.2) is 4.98 Å². The summed E-state index contributed by atoms with van der Waals surface area (Å²) in [4.78, 5) is 17.1. The van der Waals surface area contributed by atoms with Crippen LogP contribution in [0.2, 0.25) is 0 Å². The van der Waals surface area contributed by atoms with Gasteiger partial charge in [-0.1, -0.05) is 58.0 Å². The number of carbonyl (C=O) groups is 1. The monoisotopic (exact) mass is 351 g/mol. The minimum Gasteiger partial charge on any atom is -0.440 e. The third-order valence-electron chi connectivity index (χ3n) is 4.43. The zero-order valence-electron chi connectivity index (χ0n) is 15.6. The minimum absolute atomic E-state index is 0.125. The van der Waals surface area contributed by atoms with Crippen molar-refractivity contribution in [2.45, 2.75) is 39.2 Å². The summed E-state index contributed by atoms with van der Waals surface area (Å²) in [7, 11) is 0. The maximum absolute atomic E-state index is 12.6. The van der Waals surface area contributed by atoms with Crippen LogP contribution in [0.15, 0.2) is 52.9 Å². The Morgan fingerprint density at radius 3 is 2.50 bits per heavy atom. The molecule has 0 radical (unpaired) electrons. The average molecular weight is 351 g/mol. The van der Waals surface area contributed by atoms with E-state index in [1.807, 2.05) is 76.2 Å². The Kier molecular flexibility index (Phi) is 4.83. The molecule has 1 heterocycles. The summed E-state index contributed by atoms with van der Waals surface area (Å²) in [6.45, 7) is 7.98. The summed E-state index contributed by atoms with van der Waals surface area (Å²) in [5.41, 5.74) is 9.14. The number of carbonyl (C=O) groups excluding carboxylic acids is 1. The van der Waals surface area contributed by atoms with Crippen LogP contribution in [0.5, 0.6) is 0 Å². The lowest BCUT2D eigenvalue weighted by Crippen LogP contribution is -2.30. The molecule has 0 aliphatic heterocycles. The fraction of sp³-hybridized carbons (Fsp3) is 0.333. The van der Waals surface area contributed by atoms with Crippen molar-refractivity contribution in [1.29, 1.82) is 0 Å². The lowest BCUT2D eigenvalue weighted by atomic mass is 9.94. The number of nitrogens with two attached hydrogens (primary N) is 1. The van der Waals surface area contributed by atoms with Crippen molar-refractivity contribution in [3.05, 3.63) is 60.0 Å². The second-order valence-electron chi connectivity index (χ2n) is 7.67. The van der Waals surface area contributed by atoms with Crippen molar-refractivity contribution in [1.82, 2.24) is 4.98 Å². The van der Waals surface area contributed by atoms with E-state index in [0.717, 1.165) is 11.1 Å². The highest BCUT2D eigenvalue weighted by Crippen LogP contribution is 2.28. The van der Waals surface area contributed by atoms with Crippen LogP contribution in [-0.4, -0.2) is 10.9 Å². The summed E-state index contributed by atoms with van der Waals surface area (Å²) in [6, 6.07) is 14.8. The first-order valence-electron chi connectivity index (χ1n) is 8.78. The quantitative estimate of drug-likeness (QED) is 0.730. The first kappa shape index (κ1) is 18.1. The van der Waals surface area contributed by atoms with E-state index in [1.165, 1.54) is 0 Å². The Balaban J connectivity index is 1.76. The van der Waals surface area contributed by atoms with Crippen LogP contribution in [0.3, 0.4) is 0 Å². The van der Waals surface area contributed by atoms with E-state index >= 15 is 0 Å². The van der Waals surface area contributed by atoms with Crippen LogP contribution in [0.25, 0.3) is 11.1 Å². The fourth-order valence-electron chi connectivity index (χ4n) is 2.71. The van der Waals surface area contributed by atoms with Gasteiger partial charge >= 0.3 is 0 Å². The molecule has 5 nitrogen and oxygen atoms in total. The number of hydrogen-bond acceptors (Lipinski definition) is 4. The lowest BCUT2D eigenvalue weighted by molar-refractivity contribution is -0.120. The highest BCUT2D eigenvalue weighted by Gasteiger charge is 2.23. The number of benzene rings is 2. The fourth-order valence-corrected chi connectivity index (χ4v) is 2.71. The number of nitrogens with one attached hydrogen (secondary N) is 1. The number of hydrogen-bond donors (Lipinski definition) is 2. The van der Waals surface area contributed by atoms with Gasteiger partial charge in [0.15, 0.2) is 5.58 Å². The minimum atomic E-state index is -0.365. The second kappa shape index (κ2) is 6.92. The molecule has 1 amide bonds. The van der Waals surface area contributed by atoms with E-state index in [0.29, 0.717) is 17.2 Å². The number of amides is 1. The molecule has 2 atom stereocenters. The Bertz CT molecular complexity index is 910. The molecule has 0 spiro atoms. The maximum atomic E-state index is 12.6. The molecule has 26 heavy (non-hydrogen) atoms. The number of nitrogens with zero attached hydrogens (tertiary/aromatic N) is 1. The Labute approximate surface area is 153 Å². The number of anilines is 1. The van der Waals surface area contributed by atoms with Gasteiger partial charge in [-0.15, -0.1) is 0 Å². The van der Waals surface area contributed by atoms with Crippen molar-refractivity contribution >= 4 is 22.7 Å². The number of aromatic nitrogens is 1. The van der Waals surface area contributed by atoms with Crippen molar-refractivity contribution < 1.29 is 9.21 Å². The van der Waals surface area contributed by atoms with Gasteiger partial charge in [-0.05, 0) is 23.8 Å². The molecule has 136 valence electrons. The van der Waals surface area contributed by atoms with Gasteiger partial charge < -0.3 is 15.5 Å². The molecule has 3 N–H and O–H groups in total. The summed E-state index contributed by atoms with van der Waals surface area (Å²) < 4.78 is 5.79. The molecule has 1 aromatic heterocycles. The lowest BCUT2D eigenvalue weighted by Gasteiger charge is -2.19. The molecular weight excluding hydrogens is 326 g/mol. The Hall–Kier alpha value is -2.66. The SMILES string of the molecule is CC(C(=O)Nc1ccc2oc(C(C)(C)C)nc2c1)C(N)c1ccccc1. The summed E-state index contributed by atoms with van der Waals surface area (Å²) in [5.74, 6) is 0.186. The molecule has 3 aromatic rings. The molecule has 0 saturated heterocycles. The van der Waals surface area contributed by atoms with Crippen LogP contribution in [0, 0.1) is 5.92 Å². The summed E-state index contributed by atoms with van der Waals surface area (Å²) in [6.07, 6.45) is 0. The van der Waals surface area contributed by atoms with Crippen LogP contribution >= 0.6 is 0 Å². The normalized spacial score (nSPS) is 14.2. The molecule has 3 rings (SSSR count). The molecule has 0 saturated carbocycles. The highest BCUT2D eigenvalue weighted by atomic mass is 16.3. The van der Waals surface area contributed by atoms with E-state index in [2.05, 4.69) is 10.3 Å². The number of rotatable bonds is 4. The second-order valence-corrected chi connectivity index (χ2v) is 7.67. The third kappa shape index (κ3) is 3.78. The Morgan fingerprint density at radius 2 is 1.85 bits per heavy atom. The van der Waals surface area contributed by atoms with E-state index < -0.39 is 0 Å². The van der Waals surface area contributed by atoms with Gasteiger partial charge in [-0.3, -0.25) is 4.79 Å². The van der Waals surface area contributed by atoms with Crippen molar-refractivity contribution in [3.63, 3.8) is 0 Å². The predicted molar refractivity (Wildman–Crippen MR) is 104 cm³/mol. The molecule has 2 aromatic carbocycles. The van der Waals surface area contributed by atoms with Gasteiger partial charge in [0.25, 0.3) is 0 Å². The van der Waals surface area contributed by atoms with Gasteiger partial charge in [0, 0.05) is 17.1 Å². The first-order valence-corrected chi connectivity index (χ1v) is 8.78. The average Bonchev–Trinajstić information content (AvgIpc) is 3.05. The van der Waals surface area contributed by atoms with Crippen LogP contribution < -0.4 is 11.1 Å². The van der Waals surface area contributed by atoms with Crippen LogP contribution in [0.4, 0.5) is 5.69 Å². The largest absolute Gasteiger partial charge is 0.440 e. The van der Waals surface area contributed by atoms with Gasteiger partial charge in [0.2, 0.25) is 11.8 Å². The van der Waals surface area contributed by atoms with Crippen molar-refractivity contribution in [2.75, 3.05) is 5.32 Å². The van der Waals surface area contributed by atoms with E-state index in [1.54, 1.807) is 0 Å². The van der Waals surface area contributed by atoms with Crippen molar-refractivity contribution in [2.24, 2.45) is 11.7 Å². The summed E-state index contributed by atoms with van der Waals surface area (Å²) in [5, 5.41) is 2.93. The topological polar surface area (TPSA) is 81.2 Å². The smallest absolute Gasteiger partial charge is 0.229 e.